The van der Waals surface area contributed by atoms with Gasteiger partial charge in [0.15, 0.2) is 18.1 Å². The molecular weight excluding hydrogens is 326 g/mol. The lowest BCUT2D eigenvalue weighted by molar-refractivity contribution is -0.127. The van der Waals surface area contributed by atoms with Gasteiger partial charge in [-0.05, 0) is 80.4 Å². The third-order valence-corrected chi connectivity index (χ3v) is 6.46. The van der Waals surface area contributed by atoms with Gasteiger partial charge in [-0.15, -0.1) is 0 Å². The molecule has 5 rings (SSSR count). The monoisotopic (exact) mass is 355 g/mol. The van der Waals surface area contributed by atoms with Crippen molar-refractivity contribution in [2.75, 3.05) is 13.7 Å². The number of rotatable bonds is 6. The predicted molar refractivity (Wildman–Crippen MR) is 102 cm³/mol. The summed E-state index contributed by atoms with van der Waals surface area (Å²) in [5.41, 5.74) is 1.05. The molecule has 0 spiro atoms. The first-order valence-corrected chi connectivity index (χ1v) is 9.89. The second-order valence-corrected chi connectivity index (χ2v) is 8.22. The van der Waals surface area contributed by atoms with Crippen LogP contribution in [-0.2, 0) is 4.79 Å². The van der Waals surface area contributed by atoms with E-state index in [2.05, 4.69) is 5.32 Å². The molecule has 4 aliphatic carbocycles. The van der Waals surface area contributed by atoms with Crippen molar-refractivity contribution < 1.29 is 14.3 Å². The summed E-state index contributed by atoms with van der Waals surface area (Å²) in [4.78, 5) is 12.5. The highest BCUT2D eigenvalue weighted by Gasteiger charge is 2.48. The lowest BCUT2D eigenvalue weighted by Crippen LogP contribution is -2.56. The van der Waals surface area contributed by atoms with Crippen LogP contribution in [0.25, 0.3) is 6.08 Å². The molecular formula is C22H29NO3. The second-order valence-electron chi connectivity index (χ2n) is 8.22. The molecule has 0 radical (unpaired) electrons. The summed E-state index contributed by atoms with van der Waals surface area (Å²) in [5.74, 6) is 4.46. The minimum absolute atomic E-state index is 0.0120. The molecule has 4 fully saturated rings. The summed E-state index contributed by atoms with van der Waals surface area (Å²) >= 11 is 0. The zero-order valence-corrected chi connectivity index (χ0v) is 15.7. The van der Waals surface area contributed by atoms with Crippen molar-refractivity contribution in [2.45, 2.75) is 45.1 Å². The van der Waals surface area contributed by atoms with Crippen LogP contribution < -0.4 is 14.8 Å². The van der Waals surface area contributed by atoms with Crippen LogP contribution in [0.1, 0.15) is 44.6 Å². The number of carbonyl (C=O) groups is 1. The van der Waals surface area contributed by atoms with Crippen molar-refractivity contribution in [1.82, 2.24) is 5.32 Å². The standard InChI is InChI=1S/C22H29NO3/c1-3-4-14-5-6-19(20(12-14)25-2)26-13-21(24)23-22-17-8-15-7-16(10-17)11-18(22)9-15/h3-6,12,15-18,22H,7-11,13H2,1-2H3,(H,23,24)/b4-3+. The van der Waals surface area contributed by atoms with E-state index in [1.165, 1.54) is 32.1 Å². The third-order valence-electron chi connectivity index (χ3n) is 6.46. The van der Waals surface area contributed by atoms with Gasteiger partial charge in [-0.1, -0.05) is 18.2 Å². The molecule has 4 heteroatoms. The number of hydrogen-bond donors (Lipinski definition) is 1. The number of hydrogen-bond acceptors (Lipinski definition) is 3. The fraction of sp³-hybridized carbons (Fsp3) is 0.591. The second kappa shape index (κ2) is 7.34. The van der Waals surface area contributed by atoms with E-state index in [0.29, 0.717) is 29.4 Å². The maximum atomic E-state index is 12.5. The van der Waals surface area contributed by atoms with Crippen molar-refractivity contribution in [3.63, 3.8) is 0 Å². The topological polar surface area (TPSA) is 47.6 Å². The average Bonchev–Trinajstić information content (AvgIpc) is 2.63. The fourth-order valence-corrected chi connectivity index (χ4v) is 5.63. The molecule has 0 heterocycles. The van der Waals surface area contributed by atoms with Crippen LogP contribution in [0.4, 0.5) is 0 Å². The van der Waals surface area contributed by atoms with Crippen molar-refractivity contribution >= 4 is 12.0 Å². The van der Waals surface area contributed by atoms with Gasteiger partial charge in [0, 0.05) is 6.04 Å². The highest BCUT2D eigenvalue weighted by atomic mass is 16.5. The molecule has 4 nitrogen and oxygen atoms in total. The van der Waals surface area contributed by atoms with E-state index in [0.717, 1.165) is 17.4 Å². The molecule has 1 N–H and O–H groups in total. The maximum absolute atomic E-state index is 12.5. The first-order valence-electron chi connectivity index (χ1n) is 9.89. The number of amides is 1. The molecule has 0 aliphatic heterocycles. The highest BCUT2D eigenvalue weighted by molar-refractivity contribution is 5.78. The van der Waals surface area contributed by atoms with E-state index in [-0.39, 0.29) is 12.5 Å². The molecule has 0 unspecified atom stereocenters. The number of allylic oxidation sites excluding steroid dienone is 1. The van der Waals surface area contributed by atoms with Gasteiger partial charge in [-0.2, -0.15) is 0 Å². The Morgan fingerprint density at radius 1 is 1.12 bits per heavy atom. The van der Waals surface area contributed by atoms with Gasteiger partial charge in [-0.3, -0.25) is 4.79 Å². The van der Waals surface area contributed by atoms with Crippen LogP contribution in [0, 0.1) is 23.7 Å². The number of methoxy groups -OCH3 is 1. The zero-order valence-electron chi connectivity index (χ0n) is 15.7. The van der Waals surface area contributed by atoms with Gasteiger partial charge >= 0.3 is 0 Å². The van der Waals surface area contributed by atoms with Gasteiger partial charge < -0.3 is 14.8 Å². The third kappa shape index (κ3) is 3.46. The Hall–Kier alpha value is -1.97. The van der Waals surface area contributed by atoms with Crippen LogP contribution >= 0.6 is 0 Å². The van der Waals surface area contributed by atoms with Crippen LogP contribution in [-0.4, -0.2) is 25.7 Å². The van der Waals surface area contributed by atoms with Crippen molar-refractivity contribution in [2.24, 2.45) is 23.7 Å². The lowest BCUT2D eigenvalue weighted by atomic mass is 9.54. The van der Waals surface area contributed by atoms with Gasteiger partial charge in [-0.25, -0.2) is 0 Å². The molecule has 0 atom stereocenters. The Labute approximate surface area is 156 Å². The Morgan fingerprint density at radius 3 is 2.42 bits per heavy atom. The molecule has 0 saturated heterocycles. The molecule has 4 bridgehead atoms. The summed E-state index contributed by atoms with van der Waals surface area (Å²) in [6, 6.07) is 6.11. The molecule has 1 amide bonds. The Bertz CT molecular complexity index is 669. The number of nitrogens with one attached hydrogen (secondary N) is 1. The van der Waals surface area contributed by atoms with Crippen molar-refractivity contribution in [1.29, 1.82) is 0 Å². The molecule has 26 heavy (non-hydrogen) atoms. The Morgan fingerprint density at radius 2 is 1.81 bits per heavy atom. The average molecular weight is 355 g/mol. The van der Waals surface area contributed by atoms with Crippen LogP contribution in [0.3, 0.4) is 0 Å². The van der Waals surface area contributed by atoms with Crippen LogP contribution in [0.2, 0.25) is 0 Å². The Balaban J connectivity index is 1.34. The number of carbonyl (C=O) groups excluding carboxylic acids is 1. The summed E-state index contributed by atoms with van der Waals surface area (Å²) in [6.07, 6.45) is 10.6. The highest BCUT2D eigenvalue weighted by Crippen LogP contribution is 2.53. The summed E-state index contributed by atoms with van der Waals surface area (Å²) in [7, 11) is 1.62. The first-order chi connectivity index (χ1) is 12.7. The minimum Gasteiger partial charge on any atom is -0.493 e. The normalized spacial score (nSPS) is 32.0. The fourth-order valence-electron chi connectivity index (χ4n) is 5.63. The molecule has 1 aromatic rings. The van der Waals surface area contributed by atoms with E-state index < -0.39 is 0 Å². The minimum atomic E-state index is -0.0120. The quantitative estimate of drug-likeness (QED) is 0.837. The van der Waals surface area contributed by atoms with E-state index >= 15 is 0 Å². The molecule has 1 aromatic carbocycles. The summed E-state index contributed by atoms with van der Waals surface area (Å²) in [5, 5.41) is 3.29. The molecule has 4 saturated carbocycles. The van der Waals surface area contributed by atoms with Gasteiger partial charge in [0.05, 0.1) is 7.11 Å². The number of ether oxygens (including phenoxy) is 2. The molecule has 0 aromatic heterocycles. The first kappa shape index (κ1) is 17.4. The van der Waals surface area contributed by atoms with E-state index in [9.17, 15) is 4.79 Å². The van der Waals surface area contributed by atoms with Gasteiger partial charge in [0.2, 0.25) is 0 Å². The van der Waals surface area contributed by atoms with E-state index in [4.69, 9.17) is 9.47 Å². The van der Waals surface area contributed by atoms with Gasteiger partial charge in [0.25, 0.3) is 5.91 Å². The van der Waals surface area contributed by atoms with Gasteiger partial charge in [0.1, 0.15) is 0 Å². The van der Waals surface area contributed by atoms with Crippen LogP contribution in [0.5, 0.6) is 11.5 Å². The van der Waals surface area contributed by atoms with E-state index in [1.807, 2.05) is 37.3 Å². The lowest BCUT2D eigenvalue weighted by Gasteiger charge is -2.54. The SMILES string of the molecule is C/C=C/c1ccc(OCC(=O)NC2C3CC4CC(C3)CC2C4)c(OC)c1. The predicted octanol–water partition coefficient (Wildman–Crippen LogP) is 4.05. The zero-order chi connectivity index (χ0) is 18.1. The van der Waals surface area contributed by atoms with Crippen LogP contribution in [0.15, 0.2) is 24.3 Å². The molecule has 4 aliphatic rings. The van der Waals surface area contributed by atoms with Crippen molar-refractivity contribution in [3.8, 4) is 11.5 Å². The van der Waals surface area contributed by atoms with E-state index in [1.54, 1.807) is 7.11 Å². The summed E-state index contributed by atoms with van der Waals surface area (Å²) in [6.45, 7) is 2.02. The number of benzene rings is 1. The molecule has 140 valence electrons. The summed E-state index contributed by atoms with van der Waals surface area (Å²) < 4.78 is 11.2. The maximum Gasteiger partial charge on any atom is 0.258 e. The largest absolute Gasteiger partial charge is 0.493 e. The Kier molecular flexibility index (Phi) is 4.92. The van der Waals surface area contributed by atoms with Crippen molar-refractivity contribution in [3.05, 3.63) is 29.8 Å². The smallest absolute Gasteiger partial charge is 0.258 e.